The van der Waals surface area contributed by atoms with Crippen molar-refractivity contribution in [3.63, 3.8) is 0 Å². The Balaban J connectivity index is 1.40. The van der Waals surface area contributed by atoms with E-state index in [1.165, 1.54) is 0 Å². The monoisotopic (exact) mass is 414 g/mol. The van der Waals surface area contributed by atoms with Crippen LogP contribution in [0.15, 0.2) is 29.2 Å². The first-order valence-electron chi connectivity index (χ1n) is 10.3. The van der Waals surface area contributed by atoms with Crippen molar-refractivity contribution in [2.24, 2.45) is 0 Å². The number of rotatable bonds is 4. The number of carbonyl (C=O) groups excluding carboxylic acids is 1. The quantitative estimate of drug-likeness (QED) is 0.828. The number of benzene rings is 1. The second-order valence-electron chi connectivity index (χ2n) is 8.47. The molecule has 3 heterocycles. The van der Waals surface area contributed by atoms with E-state index in [4.69, 9.17) is 0 Å². The van der Waals surface area contributed by atoms with Crippen LogP contribution in [-0.2, 0) is 29.3 Å². The van der Waals surface area contributed by atoms with Crippen molar-refractivity contribution >= 4 is 15.7 Å². The smallest absolute Gasteiger partial charge is 0.273 e. The standard InChI is InChI=1S/C21H26N4O3S/c1-13-11-19-18(12-22-13)20-21(26)24(9-10-25(20)23-19)14(2)15-3-5-16(6-4-15)29(27,28)17-7-8-17/h3-6,13-14,17,22H,7-12H2,1-2H3. The van der Waals surface area contributed by atoms with E-state index in [1.807, 2.05) is 28.6 Å². The van der Waals surface area contributed by atoms with Crippen LogP contribution in [0.1, 0.15) is 60.0 Å². The number of nitrogens with zero attached hydrogens (tertiary/aromatic N) is 3. The van der Waals surface area contributed by atoms with E-state index >= 15 is 0 Å². The van der Waals surface area contributed by atoms with Crippen LogP contribution < -0.4 is 5.32 Å². The van der Waals surface area contributed by atoms with Gasteiger partial charge in [-0.3, -0.25) is 9.48 Å². The highest BCUT2D eigenvalue weighted by Crippen LogP contribution is 2.34. The maximum absolute atomic E-state index is 13.3. The minimum Gasteiger partial charge on any atom is -0.329 e. The minimum absolute atomic E-state index is 0.00327. The predicted octanol–water partition coefficient (Wildman–Crippen LogP) is 2.07. The summed E-state index contributed by atoms with van der Waals surface area (Å²) in [5.74, 6) is 0.00327. The lowest BCUT2D eigenvalue weighted by Crippen LogP contribution is -2.42. The van der Waals surface area contributed by atoms with E-state index in [2.05, 4.69) is 17.3 Å². The van der Waals surface area contributed by atoms with E-state index < -0.39 is 9.84 Å². The zero-order valence-corrected chi connectivity index (χ0v) is 17.6. The number of sulfone groups is 1. The molecule has 1 aromatic carbocycles. The molecule has 2 atom stereocenters. The van der Waals surface area contributed by atoms with Gasteiger partial charge >= 0.3 is 0 Å². The normalized spacial score (nSPS) is 22.9. The highest BCUT2D eigenvalue weighted by molar-refractivity contribution is 7.92. The molecule has 0 radical (unpaired) electrons. The molecule has 1 aromatic heterocycles. The van der Waals surface area contributed by atoms with E-state index in [0.717, 1.165) is 36.1 Å². The summed E-state index contributed by atoms with van der Waals surface area (Å²) in [6, 6.07) is 7.30. The van der Waals surface area contributed by atoms with Gasteiger partial charge in [0.25, 0.3) is 5.91 Å². The Morgan fingerprint density at radius 1 is 1.17 bits per heavy atom. The maximum atomic E-state index is 13.3. The summed E-state index contributed by atoms with van der Waals surface area (Å²) in [4.78, 5) is 15.6. The van der Waals surface area contributed by atoms with Gasteiger partial charge in [-0.2, -0.15) is 5.10 Å². The zero-order chi connectivity index (χ0) is 20.3. The van der Waals surface area contributed by atoms with Crippen molar-refractivity contribution in [1.82, 2.24) is 20.0 Å². The second-order valence-corrected chi connectivity index (χ2v) is 10.7. The van der Waals surface area contributed by atoms with Gasteiger partial charge in [0.15, 0.2) is 9.84 Å². The molecule has 2 unspecified atom stereocenters. The van der Waals surface area contributed by atoms with Crippen LogP contribution >= 0.6 is 0 Å². The molecule has 1 N–H and O–H groups in total. The van der Waals surface area contributed by atoms with Crippen LogP contribution in [0, 0.1) is 0 Å². The lowest BCUT2D eigenvalue weighted by Gasteiger charge is -2.33. The van der Waals surface area contributed by atoms with Gasteiger partial charge in [0.05, 0.1) is 28.4 Å². The predicted molar refractivity (Wildman–Crippen MR) is 108 cm³/mol. The second kappa shape index (κ2) is 6.67. The zero-order valence-electron chi connectivity index (χ0n) is 16.8. The first-order chi connectivity index (χ1) is 13.9. The molecule has 7 nitrogen and oxygen atoms in total. The Bertz CT molecular complexity index is 1070. The third-order valence-electron chi connectivity index (χ3n) is 6.40. The van der Waals surface area contributed by atoms with Crippen LogP contribution in [0.4, 0.5) is 0 Å². The van der Waals surface area contributed by atoms with Crippen molar-refractivity contribution in [3.05, 3.63) is 46.8 Å². The van der Waals surface area contributed by atoms with Crippen LogP contribution in [0.5, 0.6) is 0 Å². The molecular formula is C21H26N4O3S. The van der Waals surface area contributed by atoms with Crippen LogP contribution in [-0.4, -0.2) is 46.8 Å². The third-order valence-corrected chi connectivity index (χ3v) is 8.68. The Hall–Kier alpha value is -2.19. The van der Waals surface area contributed by atoms with Gasteiger partial charge in [-0.05, 0) is 44.4 Å². The average Bonchev–Trinajstić information content (AvgIpc) is 3.50. The van der Waals surface area contributed by atoms with Crippen LogP contribution in [0.25, 0.3) is 0 Å². The van der Waals surface area contributed by atoms with E-state index in [9.17, 15) is 13.2 Å². The molecule has 2 aliphatic heterocycles. The number of carbonyl (C=O) groups is 1. The number of fused-ring (bicyclic) bond motifs is 3. The molecular weight excluding hydrogens is 388 g/mol. The average molecular weight is 415 g/mol. The molecule has 29 heavy (non-hydrogen) atoms. The summed E-state index contributed by atoms with van der Waals surface area (Å²) < 4.78 is 26.7. The summed E-state index contributed by atoms with van der Waals surface area (Å²) >= 11 is 0. The van der Waals surface area contributed by atoms with Gasteiger partial charge in [0.1, 0.15) is 5.69 Å². The molecule has 0 spiro atoms. The van der Waals surface area contributed by atoms with Gasteiger partial charge in [-0.1, -0.05) is 12.1 Å². The third kappa shape index (κ3) is 3.09. The van der Waals surface area contributed by atoms with Crippen LogP contribution in [0.3, 0.4) is 0 Å². The fraction of sp³-hybridized carbons (Fsp3) is 0.524. The Morgan fingerprint density at radius 3 is 2.59 bits per heavy atom. The lowest BCUT2D eigenvalue weighted by molar-refractivity contribution is 0.0622. The lowest BCUT2D eigenvalue weighted by atomic mass is 10.00. The highest BCUT2D eigenvalue weighted by Gasteiger charge is 2.37. The van der Waals surface area contributed by atoms with Gasteiger partial charge in [-0.25, -0.2) is 8.42 Å². The molecule has 2 aromatic rings. The van der Waals surface area contributed by atoms with E-state index in [1.54, 1.807) is 12.1 Å². The molecule has 1 fully saturated rings. The van der Waals surface area contributed by atoms with Crippen molar-refractivity contribution in [2.75, 3.05) is 6.54 Å². The van der Waals surface area contributed by atoms with Crippen molar-refractivity contribution < 1.29 is 13.2 Å². The summed E-state index contributed by atoms with van der Waals surface area (Å²) in [5, 5.41) is 7.90. The number of hydrogen-bond acceptors (Lipinski definition) is 5. The summed E-state index contributed by atoms with van der Waals surface area (Å²) in [5.41, 5.74) is 3.70. The summed E-state index contributed by atoms with van der Waals surface area (Å²) in [6.45, 7) is 6.08. The molecule has 154 valence electrons. The molecule has 3 aliphatic rings. The highest BCUT2D eigenvalue weighted by atomic mass is 32.2. The molecule has 1 aliphatic carbocycles. The topological polar surface area (TPSA) is 84.3 Å². The van der Waals surface area contributed by atoms with Crippen LogP contribution in [0.2, 0.25) is 0 Å². The number of amides is 1. The maximum Gasteiger partial charge on any atom is 0.273 e. The fourth-order valence-electron chi connectivity index (χ4n) is 4.43. The molecule has 1 amide bonds. The Morgan fingerprint density at radius 2 is 1.90 bits per heavy atom. The molecule has 1 saturated carbocycles. The van der Waals surface area contributed by atoms with Gasteiger partial charge in [0, 0.05) is 31.1 Å². The molecule has 5 rings (SSSR count). The summed E-state index contributed by atoms with van der Waals surface area (Å²) in [6.07, 6.45) is 2.36. The molecule has 0 bridgehead atoms. The van der Waals surface area contributed by atoms with Gasteiger partial charge in [-0.15, -0.1) is 0 Å². The fourth-order valence-corrected chi connectivity index (χ4v) is 6.09. The van der Waals surface area contributed by atoms with E-state index in [0.29, 0.717) is 36.3 Å². The number of hydrogen-bond donors (Lipinski definition) is 1. The largest absolute Gasteiger partial charge is 0.329 e. The van der Waals surface area contributed by atoms with Crippen molar-refractivity contribution in [2.45, 2.75) is 68.4 Å². The SMILES string of the molecule is CC1Cc2nn3c(c2CN1)C(=O)N(C(C)c1ccc(S(=O)(=O)C2CC2)cc1)CC3. The minimum atomic E-state index is -3.19. The van der Waals surface area contributed by atoms with Crippen molar-refractivity contribution in [3.8, 4) is 0 Å². The Labute approximate surface area is 171 Å². The van der Waals surface area contributed by atoms with Crippen molar-refractivity contribution in [1.29, 1.82) is 0 Å². The van der Waals surface area contributed by atoms with E-state index in [-0.39, 0.29) is 17.2 Å². The van der Waals surface area contributed by atoms with Gasteiger partial charge < -0.3 is 10.2 Å². The summed E-state index contributed by atoms with van der Waals surface area (Å²) in [7, 11) is -3.19. The number of nitrogens with one attached hydrogen (secondary N) is 1. The Kier molecular flexibility index (Phi) is 4.33. The first kappa shape index (κ1) is 18.8. The first-order valence-corrected chi connectivity index (χ1v) is 11.9. The molecule has 0 saturated heterocycles. The van der Waals surface area contributed by atoms with Gasteiger partial charge in [0.2, 0.25) is 0 Å². The number of aromatic nitrogens is 2. The molecule has 8 heteroatoms.